The predicted molar refractivity (Wildman–Crippen MR) is 69.3 cm³/mol. The first-order chi connectivity index (χ1) is 9.26. The number of alkyl halides is 3. The molecule has 1 amide bonds. The molecule has 1 heterocycles. The Hall–Kier alpha value is -2.31. The van der Waals surface area contributed by atoms with Crippen molar-refractivity contribution in [1.29, 1.82) is 0 Å². The average molecular weight is 283 g/mol. The van der Waals surface area contributed by atoms with E-state index in [0.717, 1.165) is 5.69 Å². The fourth-order valence-corrected chi connectivity index (χ4v) is 1.81. The quantitative estimate of drug-likeness (QED) is 0.889. The van der Waals surface area contributed by atoms with Gasteiger partial charge in [0, 0.05) is 22.3 Å². The van der Waals surface area contributed by atoms with Gasteiger partial charge in [-0.25, -0.2) is 0 Å². The minimum Gasteiger partial charge on any atom is -0.398 e. The summed E-state index contributed by atoms with van der Waals surface area (Å²) in [6.45, 7) is 0.408. The number of fused-ring (bicyclic) bond motifs is 1. The van der Waals surface area contributed by atoms with Crippen LogP contribution in [0.4, 0.5) is 18.9 Å². The highest BCUT2D eigenvalue weighted by molar-refractivity contribution is 6.00. The van der Waals surface area contributed by atoms with Crippen LogP contribution in [0.25, 0.3) is 10.9 Å². The smallest absolute Gasteiger partial charge is 0.398 e. The minimum atomic E-state index is -4.44. The lowest BCUT2D eigenvalue weighted by Gasteiger charge is -2.09. The lowest BCUT2D eigenvalue weighted by atomic mass is 10.1. The Morgan fingerprint density at radius 3 is 2.70 bits per heavy atom. The van der Waals surface area contributed by atoms with E-state index < -0.39 is 18.6 Å². The monoisotopic (exact) mass is 283 g/mol. The molecule has 0 fully saturated rings. The summed E-state index contributed by atoms with van der Waals surface area (Å²) < 4.78 is 36.1. The van der Waals surface area contributed by atoms with Crippen molar-refractivity contribution in [2.45, 2.75) is 13.1 Å². The number of carbonyl (C=O) groups excluding carboxylic acids is 1. The van der Waals surface area contributed by atoms with Crippen molar-refractivity contribution in [2.24, 2.45) is 0 Å². The molecule has 0 saturated heterocycles. The maximum Gasteiger partial charge on any atom is 0.405 e. The molecule has 0 unspecified atom stereocenters. The molecule has 0 aliphatic carbocycles. The van der Waals surface area contributed by atoms with E-state index in [0.29, 0.717) is 16.6 Å². The number of amides is 1. The van der Waals surface area contributed by atoms with Gasteiger partial charge in [-0.05, 0) is 31.2 Å². The third-order valence-corrected chi connectivity index (χ3v) is 2.68. The van der Waals surface area contributed by atoms with Crippen LogP contribution in [0.1, 0.15) is 16.1 Å². The van der Waals surface area contributed by atoms with Gasteiger partial charge in [0.1, 0.15) is 6.54 Å². The normalized spacial score (nSPS) is 11.6. The van der Waals surface area contributed by atoms with Crippen LogP contribution in [0, 0.1) is 6.92 Å². The largest absolute Gasteiger partial charge is 0.405 e. The summed E-state index contributed by atoms with van der Waals surface area (Å²) in [4.78, 5) is 15.9. The van der Waals surface area contributed by atoms with Crippen molar-refractivity contribution in [1.82, 2.24) is 10.3 Å². The summed E-state index contributed by atoms with van der Waals surface area (Å²) in [5.74, 6) is -0.802. The number of halogens is 3. The predicted octanol–water partition coefficient (Wildman–Crippen LogP) is 2.42. The van der Waals surface area contributed by atoms with Crippen LogP contribution in [0.2, 0.25) is 0 Å². The lowest BCUT2D eigenvalue weighted by Crippen LogP contribution is -2.33. The summed E-state index contributed by atoms with van der Waals surface area (Å²) in [6, 6.07) is 6.05. The second-order valence-electron chi connectivity index (χ2n) is 4.38. The molecular weight excluding hydrogens is 271 g/mol. The molecule has 0 bridgehead atoms. The van der Waals surface area contributed by atoms with Crippen molar-refractivity contribution in [3.63, 3.8) is 0 Å². The Bertz CT molecular complexity index is 668. The number of nitrogens with one attached hydrogen (secondary N) is 1. The highest BCUT2D eigenvalue weighted by Crippen LogP contribution is 2.22. The molecule has 0 saturated carbocycles. The summed E-state index contributed by atoms with van der Waals surface area (Å²) in [5.41, 5.74) is 7.68. The number of nitrogens with zero attached hydrogens (tertiary/aromatic N) is 1. The van der Waals surface area contributed by atoms with Gasteiger partial charge in [0.2, 0.25) is 0 Å². The first-order valence-electron chi connectivity index (χ1n) is 5.78. The van der Waals surface area contributed by atoms with Crippen molar-refractivity contribution < 1.29 is 18.0 Å². The minimum absolute atomic E-state index is 0.110. The van der Waals surface area contributed by atoms with Gasteiger partial charge in [0.15, 0.2) is 0 Å². The van der Waals surface area contributed by atoms with Gasteiger partial charge in [-0.15, -0.1) is 0 Å². The number of pyridine rings is 1. The summed E-state index contributed by atoms with van der Waals surface area (Å²) in [5, 5.41) is 2.35. The molecule has 4 nitrogen and oxygen atoms in total. The number of rotatable bonds is 2. The lowest BCUT2D eigenvalue weighted by molar-refractivity contribution is -0.123. The fourth-order valence-electron chi connectivity index (χ4n) is 1.81. The van der Waals surface area contributed by atoms with Gasteiger partial charge in [0.25, 0.3) is 5.91 Å². The van der Waals surface area contributed by atoms with E-state index in [9.17, 15) is 18.0 Å². The van der Waals surface area contributed by atoms with Crippen LogP contribution in [0.3, 0.4) is 0 Å². The highest BCUT2D eigenvalue weighted by atomic mass is 19.4. The topological polar surface area (TPSA) is 68.0 Å². The number of hydrogen-bond acceptors (Lipinski definition) is 3. The van der Waals surface area contributed by atoms with Crippen LogP contribution in [-0.2, 0) is 0 Å². The molecule has 2 aromatic rings. The molecule has 1 aromatic carbocycles. The third kappa shape index (κ3) is 3.17. The molecule has 0 radical (unpaired) electrons. The van der Waals surface area contributed by atoms with Crippen LogP contribution in [0.5, 0.6) is 0 Å². The molecule has 2 rings (SSSR count). The number of hydrogen-bond donors (Lipinski definition) is 2. The van der Waals surface area contributed by atoms with Crippen LogP contribution >= 0.6 is 0 Å². The van der Waals surface area contributed by atoms with E-state index in [4.69, 9.17) is 5.73 Å². The zero-order chi connectivity index (χ0) is 14.9. The van der Waals surface area contributed by atoms with Crippen LogP contribution in [-0.4, -0.2) is 23.6 Å². The van der Waals surface area contributed by atoms with Gasteiger partial charge in [-0.2, -0.15) is 13.2 Å². The first kappa shape index (κ1) is 14.1. The van der Waals surface area contributed by atoms with Gasteiger partial charge >= 0.3 is 6.18 Å². The summed E-state index contributed by atoms with van der Waals surface area (Å²) >= 11 is 0. The number of nitrogen functional groups attached to an aromatic ring is 1. The number of benzene rings is 1. The standard InChI is InChI=1S/C13H12F3N3O/c1-7-4-10(17)9-5-8(2-3-11(9)19-7)12(20)18-6-13(14,15)16/h2-5H,6H2,1H3,(H2,17,19)(H,18,20). The number of aryl methyl sites for hydroxylation is 1. The van der Waals surface area contributed by atoms with Gasteiger partial charge in [0.05, 0.1) is 5.52 Å². The average Bonchev–Trinajstić information content (AvgIpc) is 2.34. The van der Waals surface area contributed by atoms with E-state index >= 15 is 0 Å². The van der Waals surface area contributed by atoms with Crippen LogP contribution < -0.4 is 11.1 Å². The second kappa shape index (κ2) is 4.99. The molecule has 0 aliphatic heterocycles. The van der Waals surface area contributed by atoms with E-state index in [1.54, 1.807) is 19.1 Å². The van der Waals surface area contributed by atoms with Gasteiger partial charge in [-0.1, -0.05) is 0 Å². The second-order valence-corrected chi connectivity index (χ2v) is 4.38. The third-order valence-electron chi connectivity index (χ3n) is 2.68. The van der Waals surface area contributed by atoms with Crippen molar-refractivity contribution in [3.05, 3.63) is 35.5 Å². The first-order valence-corrected chi connectivity index (χ1v) is 5.78. The maximum atomic E-state index is 12.0. The fraction of sp³-hybridized carbons (Fsp3) is 0.231. The summed E-state index contributed by atoms with van der Waals surface area (Å²) in [6.07, 6.45) is -4.44. The zero-order valence-electron chi connectivity index (χ0n) is 10.6. The van der Waals surface area contributed by atoms with E-state index in [1.165, 1.54) is 12.1 Å². The van der Waals surface area contributed by atoms with Crippen molar-refractivity contribution >= 4 is 22.5 Å². The molecule has 7 heteroatoms. The molecule has 0 spiro atoms. The molecule has 106 valence electrons. The van der Waals surface area contributed by atoms with Gasteiger partial charge < -0.3 is 11.1 Å². The summed E-state index contributed by atoms with van der Waals surface area (Å²) in [7, 11) is 0. The Labute approximate surface area is 112 Å². The molecule has 0 aliphatic rings. The number of nitrogens with two attached hydrogens (primary N) is 1. The Morgan fingerprint density at radius 1 is 1.35 bits per heavy atom. The zero-order valence-corrected chi connectivity index (χ0v) is 10.6. The maximum absolute atomic E-state index is 12.0. The van der Waals surface area contributed by atoms with Crippen molar-refractivity contribution in [2.75, 3.05) is 12.3 Å². The number of anilines is 1. The molecule has 20 heavy (non-hydrogen) atoms. The Morgan fingerprint density at radius 2 is 2.05 bits per heavy atom. The number of aromatic nitrogens is 1. The van der Waals surface area contributed by atoms with E-state index in [2.05, 4.69) is 4.98 Å². The Kier molecular flexibility index (Phi) is 3.52. The highest BCUT2D eigenvalue weighted by Gasteiger charge is 2.27. The molecule has 1 aromatic heterocycles. The Balaban J connectivity index is 2.30. The number of carbonyl (C=O) groups is 1. The van der Waals surface area contributed by atoms with Crippen molar-refractivity contribution in [3.8, 4) is 0 Å². The molecule has 3 N–H and O–H groups in total. The van der Waals surface area contributed by atoms with Crippen LogP contribution in [0.15, 0.2) is 24.3 Å². The SMILES string of the molecule is Cc1cc(N)c2cc(C(=O)NCC(F)(F)F)ccc2n1. The van der Waals surface area contributed by atoms with E-state index in [-0.39, 0.29) is 5.56 Å². The molecular formula is C13H12F3N3O. The van der Waals surface area contributed by atoms with Gasteiger partial charge in [-0.3, -0.25) is 9.78 Å². The molecule has 0 atom stereocenters. The van der Waals surface area contributed by atoms with E-state index in [1.807, 2.05) is 5.32 Å².